The first-order chi connectivity index (χ1) is 17.7. The van der Waals surface area contributed by atoms with Crippen LogP contribution in [-0.4, -0.2) is 29.1 Å². The first-order valence-electron chi connectivity index (χ1n) is 12.0. The van der Waals surface area contributed by atoms with Crippen LogP contribution in [0.3, 0.4) is 0 Å². The van der Waals surface area contributed by atoms with Gasteiger partial charge in [0.2, 0.25) is 5.95 Å². The molecule has 0 aliphatic carbocycles. The van der Waals surface area contributed by atoms with E-state index in [-0.39, 0.29) is 5.91 Å². The van der Waals surface area contributed by atoms with Gasteiger partial charge in [-0.05, 0) is 54.8 Å². The van der Waals surface area contributed by atoms with Crippen molar-refractivity contribution in [3.63, 3.8) is 0 Å². The van der Waals surface area contributed by atoms with Crippen LogP contribution in [0.4, 0.5) is 5.95 Å². The molecule has 1 amide bonds. The van der Waals surface area contributed by atoms with Crippen LogP contribution in [0.15, 0.2) is 85.2 Å². The van der Waals surface area contributed by atoms with E-state index >= 15 is 0 Å². The second kappa shape index (κ2) is 12.4. The summed E-state index contributed by atoms with van der Waals surface area (Å²) < 4.78 is 11.3. The van der Waals surface area contributed by atoms with Crippen LogP contribution in [0.2, 0.25) is 0 Å². The van der Waals surface area contributed by atoms with Gasteiger partial charge in [-0.3, -0.25) is 4.79 Å². The molecule has 1 aromatic heterocycles. The first-order valence-corrected chi connectivity index (χ1v) is 12.0. The van der Waals surface area contributed by atoms with Crippen LogP contribution in [0.1, 0.15) is 35.3 Å². The molecule has 0 aliphatic heterocycles. The minimum Gasteiger partial charge on any atom is -0.490 e. The lowest BCUT2D eigenvalue weighted by molar-refractivity contribution is 0.0951. The highest BCUT2D eigenvalue weighted by molar-refractivity contribution is 5.94. The van der Waals surface area contributed by atoms with Crippen LogP contribution in [0.5, 0.6) is 11.5 Å². The zero-order valence-corrected chi connectivity index (χ0v) is 20.5. The molecule has 1 heterocycles. The number of nitrogens with one attached hydrogen (secondary N) is 2. The molecule has 0 spiro atoms. The van der Waals surface area contributed by atoms with Crippen molar-refractivity contribution in [3.8, 4) is 22.6 Å². The summed E-state index contributed by atoms with van der Waals surface area (Å²) in [4.78, 5) is 21.5. The smallest absolute Gasteiger partial charge is 0.251 e. The highest BCUT2D eigenvalue weighted by atomic mass is 16.5. The van der Waals surface area contributed by atoms with Gasteiger partial charge in [0.15, 0.2) is 11.5 Å². The van der Waals surface area contributed by atoms with E-state index in [0.717, 1.165) is 22.3 Å². The Hall–Kier alpha value is -4.39. The predicted octanol–water partition coefficient (Wildman–Crippen LogP) is 5.48. The molecular weight excluding hydrogens is 452 g/mol. The first kappa shape index (κ1) is 24.7. The van der Waals surface area contributed by atoms with Crippen molar-refractivity contribution in [1.82, 2.24) is 15.3 Å². The number of hydrogen-bond donors (Lipinski definition) is 2. The van der Waals surface area contributed by atoms with E-state index in [1.165, 1.54) is 0 Å². The highest BCUT2D eigenvalue weighted by Gasteiger charge is 2.10. The van der Waals surface area contributed by atoms with Crippen molar-refractivity contribution in [2.45, 2.75) is 26.9 Å². The van der Waals surface area contributed by atoms with Gasteiger partial charge in [-0.1, -0.05) is 48.5 Å². The molecule has 2 N–H and O–H groups in total. The summed E-state index contributed by atoms with van der Waals surface area (Å²) in [6.45, 7) is 6.01. The molecule has 0 saturated heterocycles. The Bertz CT molecular complexity index is 1260. The normalized spacial score (nSPS) is 10.5. The summed E-state index contributed by atoms with van der Waals surface area (Å²) in [5.41, 5.74) is 4.50. The van der Waals surface area contributed by atoms with Crippen LogP contribution in [0.25, 0.3) is 11.1 Å². The molecule has 0 atom stereocenters. The number of benzene rings is 3. The summed E-state index contributed by atoms with van der Waals surface area (Å²) in [5.74, 6) is 1.80. The van der Waals surface area contributed by atoms with Crippen molar-refractivity contribution in [1.29, 1.82) is 0 Å². The molecule has 36 heavy (non-hydrogen) atoms. The van der Waals surface area contributed by atoms with Gasteiger partial charge in [0.05, 0.1) is 13.2 Å². The average Bonchev–Trinajstić information content (AvgIpc) is 2.93. The Balaban J connectivity index is 1.33. The van der Waals surface area contributed by atoms with Crippen LogP contribution >= 0.6 is 0 Å². The molecule has 7 nitrogen and oxygen atoms in total. The summed E-state index contributed by atoms with van der Waals surface area (Å²) >= 11 is 0. The largest absolute Gasteiger partial charge is 0.490 e. The lowest BCUT2D eigenvalue weighted by Gasteiger charge is -2.13. The molecular formula is C29H30N4O3. The highest BCUT2D eigenvalue weighted by Crippen LogP contribution is 2.28. The number of nitrogens with zero attached hydrogens (tertiary/aromatic N) is 2. The zero-order chi connectivity index (χ0) is 25.2. The lowest BCUT2D eigenvalue weighted by Crippen LogP contribution is -2.22. The van der Waals surface area contributed by atoms with E-state index in [2.05, 4.69) is 32.7 Å². The third-order valence-electron chi connectivity index (χ3n) is 5.49. The average molecular weight is 483 g/mol. The summed E-state index contributed by atoms with van der Waals surface area (Å²) in [6.07, 6.45) is 3.55. The van der Waals surface area contributed by atoms with Gasteiger partial charge in [-0.15, -0.1) is 0 Å². The Morgan fingerprint density at radius 3 is 2.14 bits per heavy atom. The summed E-state index contributed by atoms with van der Waals surface area (Å²) in [6, 6.07) is 23.2. The lowest BCUT2D eigenvalue weighted by atomic mass is 10.1. The van der Waals surface area contributed by atoms with Crippen molar-refractivity contribution in [2.24, 2.45) is 0 Å². The van der Waals surface area contributed by atoms with E-state index in [9.17, 15) is 4.79 Å². The van der Waals surface area contributed by atoms with Gasteiger partial charge >= 0.3 is 0 Å². The Morgan fingerprint density at radius 1 is 0.750 bits per heavy atom. The van der Waals surface area contributed by atoms with Gasteiger partial charge in [0.1, 0.15) is 0 Å². The maximum atomic E-state index is 12.7. The van der Waals surface area contributed by atoms with Crippen molar-refractivity contribution in [2.75, 3.05) is 18.5 Å². The minimum atomic E-state index is -0.148. The number of amides is 1. The zero-order valence-electron chi connectivity index (χ0n) is 20.5. The summed E-state index contributed by atoms with van der Waals surface area (Å²) in [5, 5.41) is 6.18. The SMILES string of the molecule is CCOc1ccc(CNC(=O)c2ccc(-c3cnc(NCc4ccccc4)nc3)cc2)cc1OCC. The van der Waals surface area contributed by atoms with Gasteiger partial charge in [-0.2, -0.15) is 0 Å². The second-order valence-corrected chi connectivity index (χ2v) is 8.04. The van der Waals surface area contributed by atoms with Crippen LogP contribution in [-0.2, 0) is 13.1 Å². The number of carbonyl (C=O) groups excluding carboxylic acids is 1. The molecule has 3 aromatic carbocycles. The second-order valence-electron chi connectivity index (χ2n) is 8.04. The number of ether oxygens (including phenoxy) is 2. The van der Waals surface area contributed by atoms with Gasteiger partial charge in [0.25, 0.3) is 5.91 Å². The molecule has 0 unspecified atom stereocenters. The number of carbonyl (C=O) groups is 1. The molecule has 184 valence electrons. The van der Waals surface area contributed by atoms with Crippen LogP contribution < -0.4 is 20.1 Å². The molecule has 0 saturated carbocycles. The number of rotatable bonds is 11. The van der Waals surface area contributed by atoms with Gasteiger partial charge < -0.3 is 20.1 Å². The number of anilines is 1. The quantitative estimate of drug-likeness (QED) is 0.294. The number of hydrogen-bond acceptors (Lipinski definition) is 6. The topological polar surface area (TPSA) is 85.4 Å². The molecule has 0 bridgehead atoms. The monoisotopic (exact) mass is 482 g/mol. The molecule has 0 aliphatic rings. The summed E-state index contributed by atoms with van der Waals surface area (Å²) in [7, 11) is 0. The van der Waals surface area contributed by atoms with E-state index < -0.39 is 0 Å². The standard InChI is InChI=1S/C29H30N4O3/c1-3-35-26-15-10-22(16-27(26)36-4-2)18-30-28(34)24-13-11-23(12-14-24)25-19-32-29(33-20-25)31-17-21-8-6-5-7-9-21/h5-16,19-20H,3-4,17-18H2,1-2H3,(H,30,34)(H,31,32,33). The van der Waals surface area contributed by atoms with Gasteiger partial charge in [0, 0.05) is 36.6 Å². The van der Waals surface area contributed by atoms with Crippen molar-refractivity contribution < 1.29 is 14.3 Å². The fourth-order valence-electron chi connectivity index (χ4n) is 3.65. The van der Waals surface area contributed by atoms with E-state index in [1.807, 2.05) is 62.4 Å². The molecule has 7 heteroatoms. The Kier molecular flexibility index (Phi) is 8.48. The van der Waals surface area contributed by atoms with E-state index in [0.29, 0.717) is 49.3 Å². The number of aromatic nitrogens is 2. The minimum absolute atomic E-state index is 0.148. The predicted molar refractivity (Wildman–Crippen MR) is 141 cm³/mol. The molecule has 0 radical (unpaired) electrons. The van der Waals surface area contributed by atoms with Crippen molar-refractivity contribution in [3.05, 3.63) is 102 Å². The van der Waals surface area contributed by atoms with E-state index in [1.54, 1.807) is 24.5 Å². The third-order valence-corrected chi connectivity index (χ3v) is 5.49. The van der Waals surface area contributed by atoms with Crippen molar-refractivity contribution >= 4 is 11.9 Å². The molecule has 0 fully saturated rings. The maximum absolute atomic E-state index is 12.7. The molecule has 4 aromatic rings. The fourth-order valence-corrected chi connectivity index (χ4v) is 3.65. The third kappa shape index (κ3) is 6.60. The maximum Gasteiger partial charge on any atom is 0.251 e. The Labute approximate surface area is 211 Å². The Morgan fingerprint density at radius 2 is 1.44 bits per heavy atom. The van der Waals surface area contributed by atoms with Gasteiger partial charge in [-0.25, -0.2) is 9.97 Å². The van der Waals surface area contributed by atoms with Crippen LogP contribution in [0, 0.1) is 0 Å². The fraction of sp³-hybridized carbons (Fsp3) is 0.207. The molecule has 4 rings (SSSR count). The van der Waals surface area contributed by atoms with E-state index in [4.69, 9.17) is 9.47 Å².